The second-order valence-electron chi connectivity index (χ2n) is 9.19. The van der Waals surface area contributed by atoms with Crippen LogP contribution in [-0.2, 0) is 20.5 Å². The third-order valence-corrected chi connectivity index (χ3v) is 9.95. The fourth-order valence-corrected chi connectivity index (χ4v) is 3.51. The maximum absolute atomic E-state index is 12.3. The van der Waals surface area contributed by atoms with Crippen LogP contribution in [0.2, 0.25) is 18.1 Å². The molecular formula is C24H34O5Si. The average molecular weight is 431 g/mol. The normalized spacial score (nSPS) is 14.2. The van der Waals surface area contributed by atoms with Crippen LogP contribution < -0.4 is 0 Å². The van der Waals surface area contributed by atoms with Crippen LogP contribution in [0, 0.1) is 0 Å². The van der Waals surface area contributed by atoms with Gasteiger partial charge < -0.3 is 19.0 Å². The maximum Gasteiger partial charge on any atom is 0.338 e. The fourth-order valence-electron chi connectivity index (χ4n) is 2.45. The lowest BCUT2D eigenvalue weighted by molar-refractivity contribution is -0.108. The molecule has 0 aliphatic heterocycles. The monoisotopic (exact) mass is 430 g/mol. The lowest BCUT2D eigenvalue weighted by atomic mass is 10.1. The van der Waals surface area contributed by atoms with Crippen molar-refractivity contribution < 1.29 is 23.8 Å². The van der Waals surface area contributed by atoms with Crippen molar-refractivity contribution in [3.63, 3.8) is 0 Å². The lowest BCUT2D eigenvalue weighted by Crippen LogP contribution is -2.50. The predicted octanol–water partition coefficient (Wildman–Crippen LogP) is 4.81. The van der Waals surface area contributed by atoms with E-state index < -0.39 is 19.9 Å². The van der Waals surface area contributed by atoms with Gasteiger partial charge in [-0.2, -0.15) is 0 Å². The Kier molecular flexibility index (Phi) is 8.38. The van der Waals surface area contributed by atoms with Crippen molar-refractivity contribution >= 4 is 14.3 Å². The Morgan fingerprint density at radius 2 is 1.47 bits per heavy atom. The summed E-state index contributed by atoms with van der Waals surface area (Å²) in [7, 11) is -2.09. The van der Waals surface area contributed by atoms with Crippen molar-refractivity contribution in [3.8, 4) is 0 Å². The minimum absolute atomic E-state index is 0.000475. The van der Waals surface area contributed by atoms with Crippen LogP contribution in [0.3, 0.4) is 0 Å². The van der Waals surface area contributed by atoms with E-state index in [1.165, 1.54) is 0 Å². The highest BCUT2D eigenvalue weighted by atomic mass is 28.4. The summed E-state index contributed by atoms with van der Waals surface area (Å²) < 4.78 is 17.4. The van der Waals surface area contributed by atoms with Gasteiger partial charge in [-0.25, -0.2) is 4.79 Å². The van der Waals surface area contributed by atoms with Crippen molar-refractivity contribution in [2.75, 3.05) is 19.8 Å². The van der Waals surface area contributed by atoms with E-state index in [-0.39, 0.29) is 24.9 Å². The Balaban J connectivity index is 2.03. The Hall–Kier alpha value is -1.99. The molecule has 0 heterocycles. The summed E-state index contributed by atoms with van der Waals surface area (Å²) in [5, 5.41) is 11.2. The first-order chi connectivity index (χ1) is 14.0. The van der Waals surface area contributed by atoms with Crippen molar-refractivity contribution in [1.29, 1.82) is 0 Å². The molecule has 0 aromatic heterocycles. The molecular weight excluding hydrogens is 396 g/mol. The standard InChI is InChI=1S/C24H34O5Si/c1-23(2,3)30(4,5)29-19-24(26,17-27-16-20-12-8-6-9-13-20)18-28-22(25)21-14-10-7-11-15-21/h6-15,26H,16-19H2,1-5H3. The van der Waals surface area contributed by atoms with Gasteiger partial charge in [0.2, 0.25) is 0 Å². The third-order valence-electron chi connectivity index (χ3n) is 5.47. The van der Waals surface area contributed by atoms with Crippen LogP contribution in [0.4, 0.5) is 0 Å². The largest absolute Gasteiger partial charge is 0.459 e. The molecule has 0 bridgehead atoms. The van der Waals surface area contributed by atoms with E-state index in [0.29, 0.717) is 12.2 Å². The number of rotatable bonds is 10. The zero-order chi connectivity index (χ0) is 22.3. The van der Waals surface area contributed by atoms with Gasteiger partial charge in [-0.15, -0.1) is 0 Å². The summed E-state index contributed by atoms with van der Waals surface area (Å²) in [4.78, 5) is 12.3. The molecule has 164 valence electrons. The Labute approximate surface area is 181 Å². The molecule has 1 atom stereocenters. The first-order valence-electron chi connectivity index (χ1n) is 10.2. The van der Waals surface area contributed by atoms with Gasteiger partial charge in [-0.1, -0.05) is 69.3 Å². The number of ether oxygens (including phenoxy) is 2. The molecule has 2 aromatic rings. The van der Waals surface area contributed by atoms with E-state index in [4.69, 9.17) is 13.9 Å². The minimum atomic E-state index is -2.09. The second kappa shape index (κ2) is 10.4. The predicted molar refractivity (Wildman–Crippen MR) is 121 cm³/mol. The van der Waals surface area contributed by atoms with Gasteiger partial charge in [0.05, 0.1) is 25.4 Å². The van der Waals surface area contributed by atoms with Crippen LogP contribution in [0.25, 0.3) is 0 Å². The summed E-state index contributed by atoms with van der Waals surface area (Å²) >= 11 is 0. The van der Waals surface area contributed by atoms with Gasteiger partial charge in [-0.3, -0.25) is 0 Å². The highest BCUT2D eigenvalue weighted by molar-refractivity contribution is 6.74. The number of hydrogen-bond donors (Lipinski definition) is 1. The van der Waals surface area contributed by atoms with E-state index in [2.05, 4.69) is 33.9 Å². The van der Waals surface area contributed by atoms with E-state index >= 15 is 0 Å². The van der Waals surface area contributed by atoms with Crippen LogP contribution in [0.15, 0.2) is 60.7 Å². The van der Waals surface area contributed by atoms with E-state index in [9.17, 15) is 9.90 Å². The van der Waals surface area contributed by atoms with Crippen LogP contribution in [0.5, 0.6) is 0 Å². The summed E-state index contributed by atoms with van der Waals surface area (Å²) in [5.41, 5.74) is 0.0104. The van der Waals surface area contributed by atoms with Crippen molar-refractivity contribution in [3.05, 3.63) is 71.8 Å². The molecule has 0 aliphatic carbocycles. The lowest BCUT2D eigenvalue weighted by Gasteiger charge is -2.39. The Bertz CT molecular complexity index is 786. The topological polar surface area (TPSA) is 65.0 Å². The van der Waals surface area contributed by atoms with Gasteiger partial charge in [0.1, 0.15) is 12.2 Å². The summed E-state index contributed by atoms with van der Waals surface area (Å²) in [6.07, 6.45) is 0. The van der Waals surface area contributed by atoms with Gasteiger partial charge in [0.25, 0.3) is 0 Å². The number of carbonyl (C=O) groups excluding carboxylic acids is 1. The number of hydrogen-bond acceptors (Lipinski definition) is 5. The van der Waals surface area contributed by atoms with Crippen molar-refractivity contribution in [2.24, 2.45) is 0 Å². The van der Waals surface area contributed by atoms with Crippen molar-refractivity contribution in [1.82, 2.24) is 0 Å². The molecule has 1 unspecified atom stereocenters. The molecule has 30 heavy (non-hydrogen) atoms. The van der Waals surface area contributed by atoms with E-state index in [1.54, 1.807) is 24.3 Å². The summed E-state index contributed by atoms with van der Waals surface area (Å²) in [5.74, 6) is -0.482. The third kappa shape index (κ3) is 7.36. The smallest absolute Gasteiger partial charge is 0.338 e. The Morgan fingerprint density at radius 3 is 2.03 bits per heavy atom. The number of carbonyl (C=O) groups is 1. The maximum atomic E-state index is 12.3. The first-order valence-corrected chi connectivity index (χ1v) is 13.1. The van der Waals surface area contributed by atoms with Crippen LogP contribution >= 0.6 is 0 Å². The zero-order valence-electron chi connectivity index (χ0n) is 18.7. The van der Waals surface area contributed by atoms with E-state index in [1.807, 2.05) is 36.4 Å². The second-order valence-corrected chi connectivity index (χ2v) is 14.0. The molecule has 0 spiro atoms. The van der Waals surface area contributed by atoms with Crippen LogP contribution in [-0.4, -0.2) is 44.8 Å². The number of benzene rings is 2. The van der Waals surface area contributed by atoms with Gasteiger partial charge >= 0.3 is 5.97 Å². The zero-order valence-corrected chi connectivity index (χ0v) is 19.7. The first kappa shape index (κ1) is 24.3. The quantitative estimate of drug-likeness (QED) is 0.433. The average Bonchev–Trinajstić information content (AvgIpc) is 2.71. The Morgan fingerprint density at radius 1 is 0.900 bits per heavy atom. The molecule has 0 fully saturated rings. The molecule has 0 saturated carbocycles. The minimum Gasteiger partial charge on any atom is -0.459 e. The molecule has 2 aromatic carbocycles. The van der Waals surface area contributed by atoms with Crippen molar-refractivity contribution in [2.45, 2.75) is 51.1 Å². The number of aliphatic hydroxyl groups is 1. The van der Waals surface area contributed by atoms with Gasteiger partial charge in [0, 0.05) is 0 Å². The molecule has 0 amide bonds. The molecule has 2 rings (SSSR count). The molecule has 1 N–H and O–H groups in total. The SMILES string of the molecule is CC(C)(C)[Si](C)(C)OCC(O)(COCc1ccccc1)COC(=O)c1ccccc1. The van der Waals surface area contributed by atoms with Gasteiger partial charge in [0.15, 0.2) is 8.32 Å². The van der Waals surface area contributed by atoms with Gasteiger partial charge in [-0.05, 0) is 35.8 Å². The molecule has 6 heteroatoms. The molecule has 5 nitrogen and oxygen atoms in total. The summed E-state index contributed by atoms with van der Waals surface area (Å²) in [6.45, 7) is 10.8. The highest BCUT2D eigenvalue weighted by Crippen LogP contribution is 2.37. The molecule has 0 radical (unpaired) electrons. The summed E-state index contributed by atoms with van der Waals surface area (Å²) in [6, 6.07) is 18.5. The van der Waals surface area contributed by atoms with Crippen LogP contribution in [0.1, 0.15) is 36.7 Å². The highest BCUT2D eigenvalue weighted by Gasteiger charge is 2.40. The molecule has 0 saturated heterocycles. The van der Waals surface area contributed by atoms with E-state index in [0.717, 1.165) is 5.56 Å². The fraction of sp³-hybridized carbons (Fsp3) is 0.458. The molecule has 0 aliphatic rings. The number of esters is 1.